The van der Waals surface area contributed by atoms with Crippen molar-refractivity contribution < 1.29 is 19.1 Å². The average molecular weight is 399 g/mol. The molecule has 0 unspecified atom stereocenters. The average Bonchev–Trinajstić information content (AvgIpc) is 2.49. The van der Waals surface area contributed by atoms with Crippen LogP contribution in [-0.4, -0.2) is 25.2 Å². The summed E-state index contributed by atoms with van der Waals surface area (Å²) in [5.41, 5.74) is -0.367. The lowest BCUT2D eigenvalue weighted by atomic mass is 9.81. The van der Waals surface area contributed by atoms with Crippen LogP contribution in [0.5, 0.6) is 0 Å². The Morgan fingerprint density at radius 3 is 2.04 bits per heavy atom. The second-order valence-electron chi connectivity index (χ2n) is 5.56. The van der Waals surface area contributed by atoms with E-state index in [0.29, 0.717) is 10.9 Å². The Morgan fingerprint density at radius 2 is 1.62 bits per heavy atom. The molecule has 0 spiro atoms. The molecule has 0 aromatic carbocycles. The van der Waals surface area contributed by atoms with Gasteiger partial charge in [0.15, 0.2) is 5.41 Å². The molecular weight excluding hydrogens is 372 g/mol. The van der Waals surface area contributed by atoms with E-state index in [2.05, 4.69) is 40.9 Å². The molecule has 0 bridgehead atoms. The van der Waals surface area contributed by atoms with Crippen LogP contribution in [0, 0.1) is 17.3 Å². The molecule has 0 fully saturated rings. The van der Waals surface area contributed by atoms with Crippen LogP contribution < -0.4 is 0 Å². The van der Waals surface area contributed by atoms with Crippen LogP contribution in [0.1, 0.15) is 52.9 Å². The molecule has 5 heteroatoms. The van der Waals surface area contributed by atoms with Gasteiger partial charge >= 0.3 is 11.9 Å². The van der Waals surface area contributed by atoms with Crippen LogP contribution in [0.25, 0.3) is 0 Å². The number of esters is 2. The molecule has 0 saturated carbocycles. The van der Waals surface area contributed by atoms with Gasteiger partial charge in [-0.25, -0.2) is 0 Å². The molecule has 0 rings (SSSR count). The van der Waals surface area contributed by atoms with Gasteiger partial charge in [-0.15, -0.1) is 18.4 Å². The van der Waals surface area contributed by atoms with E-state index in [1.807, 2.05) is 6.92 Å². The standard InChI is InChI=1S/C19H27BrO4/c1-6-23-17(21)19(14-16(5)20,18(22)24-7-2)13-11-9-8-10-12-15(3)4/h3,5-8,10,12-14H2,1-2,4H3. The SMILES string of the molecule is C=C(C)CCCC#CCC(CC(=C)Br)(C(=O)OCC)C(=O)OCC. The molecule has 0 aliphatic carbocycles. The number of halogens is 1. The fourth-order valence-electron chi connectivity index (χ4n) is 2.08. The summed E-state index contributed by atoms with van der Waals surface area (Å²) >= 11 is 3.23. The van der Waals surface area contributed by atoms with Crippen LogP contribution in [0.2, 0.25) is 0 Å². The number of carbonyl (C=O) groups excluding carboxylic acids is 2. The first-order valence-electron chi connectivity index (χ1n) is 8.08. The van der Waals surface area contributed by atoms with Gasteiger partial charge in [-0.1, -0.05) is 28.1 Å². The zero-order valence-corrected chi connectivity index (χ0v) is 16.5. The summed E-state index contributed by atoms with van der Waals surface area (Å²) in [6.45, 7) is 13.3. The highest BCUT2D eigenvalue weighted by Crippen LogP contribution is 2.35. The Labute approximate surface area is 153 Å². The number of unbranched alkanes of at least 4 members (excludes halogenated alkanes) is 1. The van der Waals surface area contributed by atoms with Crippen molar-refractivity contribution in [3.8, 4) is 11.8 Å². The fourth-order valence-corrected chi connectivity index (χ4v) is 2.56. The van der Waals surface area contributed by atoms with Crippen LogP contribution in [0.3, 0.4) is 0 Å². The number of carbonyl (C=O) groups is 2. The molecule has 0 atom stereocenters. The third kappa shape index (κ3) is 7.83. The van der Waals surface area contributed by atoms with Gasteiger partial charge < -0.3 is 9.47 Å². The van der Waals surface area contributed by atoms with Crippen LogP contribution in [0.4, 0.5) is 0 Å². The second-order valence-corrected chi connectivity index (χ2v) is 6.68. The van der Waals surface area contributed by atoms with Gasteiger partial charge in [-0.3, -0.25) is 9.59 Å². The molecule has 4 nitrogen and oxygen atoms in total. The molecular formula is C19H27BrO4. The molecule has 134 valence electrons. The van der Waals surface area contributed by atoms with Crippen molar-refractivity contribution in [2.75, 3.05) is 13.2 Å². The number of allylic oxidation sites excluding steroid dienone is 2. The van der Waals surface area contributed by atoms with Gasteiger partial charge in [0.25, 0.3) is 0 Å². The second kappa shape index (κ2) is 11.9. The summed E-state index contributed by atoms with van der Waals surface area (Å²) < 4.78 is 10.7. The van der Waals surface area contributed by atoms with E-state index >= 15 is 0 Å². The lowest BCUT2D eigenvalue weighted by molar-refractivity contribution is -0.171. The Morgan fingerprint density at radius 1 is 1.08 bits per heavy atom. The van der Waals surface area contributed by atoms with Gasteiger partial charge in [0.1, 0.15) is 0 Å². The van der Waals surface area contributed by atoms with E-state index in [9.17, 15) is 9.59 Å². The summed E-state index contributed by atoms with van der Waals surface area (Å²) in [6, 6.07) is 0. The number of hydrogen-bond donors (Lipinski definition) is 0. The predicted octanol–water partition coefficient (Wildman–Crippen LogP) is 4.54. The van der Waals surface area contributed by atoms with Crippen molar-refractivity contribution in [1.82, 2.24) is 0 Å². The van der Waals surface area contributed by atoms with Crippen LogP contribution in [0.15, 0.2) is 23.2 Å². The highest BCUT2D eigenvalue weighted by atomic mass is 79.9. The summed E-state index contributed by atoms with van der Waals surface area (Å²) in [6.07, 6.45) is 2.63. The first-order chi connectivity index (χ1) is 11.3. The first-order valence-corrected chi connectivity index (χ1v) is 8.87. The molecule has 0 heterocycles. The van der Waals surface area contributed by atoms with E-state index in [-0.39, 0.29) is 26.1 Å². The summed E-state index contributed by atoms with van der Waals surface area (Å²) in [5, 5.41) is 0. The molecule has 0 N–H and O–H groups in total. The van der Waals surface area contributed by atoms with E-state index in [4.69, 9.17) is 9.47 Å². The molecule has 0 amide bonds. The molecule has 0 aliphatic heterocycles. The van der Waals surface area contributed by atoms with E-state index < -0.39 is 17.4 Å². The molecule has 0 radical (unpaired) electrons. The lowest BCUT2D eigenvalue weighted by Gasteiger charge is -2.27. The zero-order valence-electron chi connectivity index (χ0n) is 14.9. The molecule has 0 saturated heterocycles. The van der Waals surface area contributed by atoms with Crippen molar-refractivity contribution >= 4 is 27.9 Å². The topological polar surface area (TPSA) is 52.6 Å². The molecule has 0 aromatic rings. The Hall–Kier alpha value is -1.54. The van der Waals surface area contributed by atoms with Crippen molar-refractivity contribution in [3.05, 3.63) is 23.2 Å². The van der Waals surface area contributed by atoms with Crippen LogP contribution >= 0.6 is 15.9 Å². The minimum Gasteiger partial charge on any atom is -0.465 e. The molecule has 0 aliphatic rings. The van der Waals surface area contributed by atoms with E-state index in [1.54, 1.807) is 13.8 Å². The van der Waals surface area contributed by atoms with Gasteiger partial charge in [-0.05, 0) is 38.1 Å². The normalized spacial score (nSPS) is 10.3. The predicted molar refractivity (Wildman–Crippen MR) is 99.4 cm³/mol. The molecule has 0 aromatic heterocycles. The smallest absolute Gasteiger partial charge is 0.324 e. The summed E-state index contributed by atoms with van der Waals surface area (Å²) in [5.74, 6) is 4.70. The monoisotopic (exact) mass is 398 g/mol. The fraction of sp³-hybridized carbons (Fsp3) is 0.579. The third-order valence-corrected chi connectivity index (χ3v) is 3.53. The van der Waals surface area contributed by atoms with E-state index in [0.717, 1.165) is 18.4 Å². The van der Waals surface area contributed by atoms with Crippen molar-refractivity contribution in [2.24, 2.45) is 5.41 Å². The van der Waals surface area contributed by atoms with Crippen molar-refractivity contribution in [2.45, 2.75) is 52.9 Å². The summed E-state index contributed by atoms with van der Waals surface area (Å²) in [4.78, 5) is 24.9. The number of ether oxygens (including phenoxy) is 2. The van der Waals surface area contributed by atoms with Gasteiger partial charge in [0.05, 0.1) is 13.2 Å². The number of rotatable bonds is 10. The van der Waals surface area contributed by atoms with E-state index in [1.165, 1.54) is 0 Å². The largest absolute Gasteiger partial charge is 0.465 e. The maximum absolute atomic E-state index is 12.5. The van der Waals surface area contributed by atoms with Crippen molar-refractivity contribution in [1.29, 1.82) is 0 Å². The Bertz CT molecular complexity index is 507. The van der Waals surface area contributed by atoms with Crippen molar-refractivity contribution in [3.63, 3.8) is 0 Å². The first kappa shape index (κ1) is 22.5. The molecule has 24 heavy (non-hydrogen) atoms. The van der Waals surface area contributed by atoms with Gasteiger partial charge in [0, 0.05) is 19.3 Å². The zero-order chi connectivity index (χ0) is 18.6. The minimum atomic E-state index is -1.48. The maximum Gasteiger partial charge on any atom is 0.324 e. The van der Waals surface area contributed by atoms with Gasteiger partial charge in [0.2, 0.25) is 0 Å². The lowest BCUT2D eigenvalue weighted by Crippen LogP contribution is -2.42. The number of hydrogen-bond acceptors (Lipinski definition) is 4. The maximum atomic E-state index is 12.5. The highest BCUT2D eigenvalue weighted by molar-refractivity contribution is 9.11. The van der Waals surface area contributed by atoms with Gasteiger partial charge in [-0.2, -0.15) is 0 Å². The summed E-state index contributed by atoms with van der Waals surface area (Å²) in [7, 11) is 0. The quantitative estimate of drug-likeness (QED) is 0.178. The Kier molecular flexibility index (Phi) is 11.1. The highest BCUT2D eigenvalue weighted by Gasteiger charge is 2.48. The van der Waals surface area contributed by atoms with Crippen LogP contribution in [-0.2, 0) is 19.1 Å². The third-order valence-electron chi connectivity index (χ3n) is 3.25. The minimum absolute atomic E-state index is 0.0440. The Balaban J connectivity index is 5.29.